The molecule has 0 aliphatic heterocycles. The van der Waals surface area contributed by atoms with E-state index in [9.17, 15) is 19.2 Å². The van der Waals surface area contributed by atoms with Gasteiger partial charge in [-0.05, 0) is 13.8 Å². The minimum atomic E-state index is -0.233. The molecule has 2 aromatic rings. The summed E-state index contributed by atoms with van der Waals surface area (Å²) in [6, 6.07) is 17.4. The molecule has 25 heavy (non-hydrogen) atoms. The molecule has 0 aliphatic rings. The Balaban J connectivity index is 0.000000443. The molecule has 0 saturated heterocycles. The Bertz CT molecular complexity index is 645. The second-order valence-corrected chi connectivity index (χ2v) is 4.97. The molecule has 0 amide bonds. The molecule has 0 saturated carbocycles. The van der Waals surface area contributed by atoms with Gasteiger partial charge in [-0.2, -0.15) is 0 Å². The third-order valence-electron chi connectivity index (χ3n) is 2.79. The van der Waals surface area contributed by atoms with E-state index in [0.717, 1.165) is 12.8 Å². The summed E-state index contributed by atoms with van der Waals surface area (Å²) in [5.74, 6) is -0.904. The molecule has 133 valence electrons. The number of rotatable bonds is 6. The van der Waals surface area contributed by atoms with Gasteiger partial charge >= 0.3 is 17.1 Å². The van der Waals surface area contributed by atoms with Crippen LogP contribution >= 0.6 is 0 Å². The predicted molar refractivity (Wildman–Crippen MR) is 91.5 cm³/mol. The molecule has 0 spiro atoms. The third-order valence-corrected chi connectivity index (χ3v) is 2.79. The van der Waals surface area contributed by atoms with Crippen LogP contribution in [0.5, 0.6) is 0 Å². The first-order valence-corrected chi connectivity index (χ1v) is 7.29. The van der Waals surface area contributed by atoms with E-state index >= 15 is 0 Å². The van der Waals surface area contributed by atoms with Gasteiger partial charge in [0.05, 0.1) is 11.6 Å². The van der Waals surface area contributed by atoms with Crippen molar-refractivity contribution >= 4 is 23.1 Å². The molecule has 0 N–H and O–H groups in total. The maximum atomic E-state index is 11.2. The molecule has 0 bridgehead atoms. The van der Waals surface area contributed by atoms with Crippen molar-refractivity contribution in [3.63, 3.8) is 0 Å². The van der Waals surface area contributed by atoms with Crippen LogP contribution in [-0.2, 0) is 26.7 Å². The van der Waals surface area contributed by atoms with Crippen molar-refractivity contribution in [1.29, 1.82) is 0 Å². The van der Waals surface area contributed by atoms with Crippen molar-refractivity contribution in [3.05, 3.63) is 84.6 Å². The molecule has 0 atom stereocenters. The van der Waals surface area contributed by atoms with Crippen molar-refractivity contribution in [2.24, 2.45) is 0 Å². The summed E-state index contributed by atoms with van der Waals surface area (Å²) in [5, 5.41) is 0. The molecule has 0 aromatic heterocycles. The van der Waals surface area contributed by atoms with Crippen LogP contribution in [0.25, 0.3) is 0 Å². The largest absolute Gasteiger partial charge is 2.00 e. The van der Waals surface area contributed by atoms with Crippen molar-refractivity contribution in [3.8, 4) is 0 Å². The van der Waals surface area contributed by atoms with Crippen molar-refractivity contribution < 1.29 is 36.2 Å². The fraction of sp³-hybridized carbons (Fsp3) is 0.100. The molecule has 0 fully saturated rings. The summed E-state index contributed by atoms with van der Waals surface area (Å²) in [4.78, 5) is 43.5. The Morgan fingerprint density at radius 1 is 0.600 bits per heavy atom. The van der Waals surface area contributed by atoms with Crippen molar-refractivity contribution in [1.82, 2.24) is 0 Å². The Kier molecular flexibility index (Phi) is 10.6. The molecule has 5 heteroatoms. The van der Waals surface area contributed by atoms with Crippen LogP contribution in [0.1, 0.15) is 34.6 Å². The Morgan fingerprint density at radius 2 is 0.880 bits per heavy atom. The van der Waals surface area contributed by atoms with Gasteiger partial charge in [0.25, 0.3) is 0 Å². The smallest absolute Gasteiger partial charge is 0.331 e. The third kappa shape index (κ3) is 9.30. The summed E-state index contributed by atoms with van der Waals surface area (Å²) in [6.45, 7) is 2.72. The van der Waals surface area contributed by atoms with Crippen LogP contribution in [0.3, 0.4) is 0 Å². The summed E-state index contributed by atoms with van der Waals surface area (Å²) in [6.07, 6.45) is 2.19. The van der Waals surface area contributed by atoms with Gasteiger partial charge in [0.2, 0.25) is 0 Å². The average molecular weight is 386 g/mol. The van der Waals surface area contributed by atoms with Gasteiger partial charge in [0.15, 0.2) is 0 Å². The fourth-order valence-corrected chi connectivity index (χ4v) is 1.74. The number of benzene rings is 2. The van der Waals surface area contributed by atoms with Gasteiger partial charge in [0, 0.05) is 11.6 Å². The second kappa shape index (κ2) is 11.8. The molecule has 0 aliphatic carbocycles. The molecule has 2 rings (SSSR count). The van der Waals surface area contributed by atoms with Crippen LogP contribution in [0, 0.1) is 12.8 Å². The minimum absolute atomic E-state index is 0. The Hall–Kier alpha value is -2.62. The quantitative estimate of drug-likeness (QED) is 0.331. The monoisotopic (exact) mass is 385 g/mol. The molecular formula is C20H18CuO4. The number of Topliss-reactive ketones (excluding diaryl/α,β-unsaturated/α-hetero) is 4. The van der Waals surface area contributed by atoms with Crippen LogP contribution in [0.2, 0.25) is 0 Å². The predicted octanol–water partition coefficient (Wildman–Crippen LogP) is 3.32. The van der Waals surface area contributed by atoms with E-state index in [1.165, 1.54) is 13.8 Å². The molecule has 1 radical (unpaired) electrons. The summed E-state index contributed by atoms with van der Waals surface area (Å²) in [7, 11) is 0. The van der Waals surface area contributed by atoms with E-state index in [2.05, 4.69) is 0 Å². The number of hydrogen-bond acceptors (Lipinski definition) is 4. The van der Waals surface area contributed by atoms with E-state index in [-0.39, 0.29) is 40.2 Å². The minimum Gasteiger partial charge on any atom is -0.331 e. The normalized spacial score (nSPS) is 8.72. The van der Waals surface area contributed by atoms with Crippen LogP contribution in [-0.4, -0.2) is 23.1 Å². The number of hydrogen-bond donors (Lipinski definition) is 0. The van der Waals surface area contributed by atoms with Crippen LogP contribution < -0.4 is 0 Å². The summed E-state index contributed by atoms with van der Waals surface area (Å²) >= 11 is 0. The van der Waals surface area contributed by atoms with Crippen LogP contribution in [0.4, 0.5) is 0 Å². The molecule has 2 aromatic carbocycles. The molecule has 4 nitrogen and oxygen atoms in total. The van der Waals surface area contributed by atoms with E-state index in [1.54, 1.807) is 48.5 Å². The Labute approximate surface area is 158 Å². The van der Waals surface area contributed by atoms with E-state index < -0.39 is 0 Å². The average Bonchev–Trinajstić information content (AvgIpc) is 2.56. The number of ketones is 4. The zero-order valence-electron chi connectivity index (χ0n) is 13.9. The van der Waals surface area contributed by atoms with Gasteiger partial charge in [-0.15, -0.1) is 48.2 Å². The van der Waals surface area contributed by atoms with Gasteiger partial charge in [-0.3, -0.25) is 0 Å². The maximum absolute atomic E-state index is 11.2. The van der Waals surface area contributed by atoms with Crippen LogP contribution in [0.15, 0.2) is 60.7 Å². The SMILES string of the molecule is CC(=O)[CH-]C(=O)c1ccccc1.CC(=O)[CH-]C(=O)c1ccccc1.[Cu+2]. The van der Waals surface area contributed by atoms with Gasteiger partial charge in [-0.25, -0.2) is 0 Å². The second-order valence-electron chi connectivity index (χ2n) is 4.97. The van der Waals surface area contributed by atoms with Crippen molar-refractivity contribution in [2.75, 3.05) is 0 Å². The van der Waals surface area contributed by atoms with Gasteiger partial charge < -0.3 is 19.2 Å². The first-order chi connectivity index (χ1) is 11.4. The van der Waals surface area contributed by atoms with E-state index in [4.69, 9.17) is 0 Å². The topological polar surface area (TPSA) is 68.3 Å². The first-order valence-electron chi connectivity index (χ1n) is 7.29. The van der Waals surface area contributed by atoms with Gasteiger partial charge in [0.1, 0.15) is 0 Å². The number of carbonyl (C=O) groups excluding carboxylic acids is 4. The summed E-state index contributed by atoms with van der Waals surface area (Å²) < 4.78 is 0. The maximum Gasteiger partial charge on any atom is 2.00 e. The fourth-order valence-electron chi connectivity index (χ4n) is 1.74. The standard InChI is InChI=1S/2C10H9O2.Cu/c2*1-8(11)7-10(12)9-5-3-2-4-6-9;/h2*2-7H,1H3;/q2*-1;+2. The molecule has 0 heterocycles. The van der Waals surface area contributed by atoms with Gasteiger partial charge in [-0.1, -0.05) is 36.4 Å². The first kappa shape index (κ1) is 22.4. The van der Waals surface area contributed by atoms with E-state index in [1.807, 2.05) is 12.1 Å². The zero-order valence-corrected chi connectivity index (χ0v) is 14.8. The molecular weight excluding hydrogens is 368 g/mol. The number of carbonyl (C=O) groups is 4. The van der Waals surface area contributed by atoms with E-state index in [0.29, 0.717) is 11.1 Å². The Morgan fingerprint density at radius 3 is 1.12 bits per heavy atom. The summed E-state index contributed by atoms with van der Waals surface area (Å²) in [5.41, 5.74) is 1.10. The van der Waals surface area contributed by atoms with Crippen molar-refractivity contribution in [2.45, 2.75) is 13.8 Å². The zero-order chi connectivity index (χ0) is 17.9. The molecule has 0 unspecified atom stereocenters.